The minimum absolute atomic E-state index is 0.117. The van der Waals surface area contributed by atoms with Crippen LogP contribution in [-0.4, -0.2) is 28.3 Å². The highest BCUT2D eigenvalue weighted by molar-refractivity contribution is 7.15. The first-order valence-electron chi connectivity index (χ1n) is 9.08. The van der Waals surface area contributed by atoms with Gasteiger partial charge in [0.05, 0.1) is 0 Å². The van der Waals surface area contributed by atoms with E-state index >= 15 is 0 Å². The number of aromatic nitrogens is 2. The molecule has 0 aliphatic carbocycles. The lowest BCUT2D eigenvalue weighted by molar-refractivity contribution is -0.118. The van der Waals surface area contributed by atoms with Crippen LogP contribution < -0.4 is 14.8 Å². The first-order valence-corrected chi connectivity index (χ1v) is 9.90. The van der Waals surface area contributed by atoms with Crippen molar-refractivity contribution in [2.45, 2.75) is 32.3 Å². The summed E-state index contributed by atoms with van der Waals surface area (Å²) in [6.07, 6.45) is 1.51. The summed E-state index contributed by atoms with van der Waals surface area (Å²) in [6.45, 7) is 3.95. The van der Waals surface area contributed by atoms with E-state index in [2.05, 4.69) is 15.5 Å². The number of hydrogen-bond donors (Lipinski definition) is 1. The largest absolute Gasteiger partial charge is 0.483 e. The van der Waals surface area contributed by atoms with Crippen LogP contribution in [0.1, 0.15) is 30.0 Å². The Morgan fingerprint density at radius 2 is 2.00 bits per heavy atom. The molecule has 0 saturated carbocycles. The summed E-state index contributed by atoms with van der Waals surface area (Å²) in [5.74, 6) is 1.03. The normalized spacial score (nSPS) is 14.2. The third-order valence-electron chi connectivity index (χ3n) is 4.33. The fourth-order valence-electron chi connectivity index (χ4n) is 3.15. The van der Waals surface area contributed by atoms with Crippen molar-refractivity contribution in [3.63, 3.8) is 0 Å². The Labute approximate surface area is 167 Å². The molecular weight excluding hydrogens is 374 g/mol. The molecule has 28 heavy (non-hydrogen) atoms. The number of para-hydroxylation sites is 1. The van der Waals surface area contributed by atoms with Crippen molar-refractivity contribution in [1.29, 1.82) is 0 Å². The molecule has 0 atom stereocenters. The van der Waals surface area contributed by atoms with Crippen LogP contribution in [0.2, 0.25) is 0 Å². The quantitative estimate of drug-likeness (QED) is 0.686. The van der Waals surface area contributed by atoms with Crippen molar-refractivity contribution in [2.75, 3.05) is 11.9 Å². The first-order chi connectivity index (χ1) is 13.5. The Balaban J connectivity index is 1.33. The van der Waals surface area contributed by atoms with Crippen LogP contribution >= 0.6 is 11.3 Å². The number of benzene rings is 2. The molecule has 6 nitrogen and oxygen atoms in total. The molecule has 144 valence electrons. The highest BCUT2D eigenvalue weighted by atomic mass is 32.1. The minimum Gasteiger partial charge on any atom is -0.483 e. The summed E-state index contributed by atoms with van der Waals surface area (Å²) in [5.41, 5.74) is 1.99. The van der Waals surface area contributed by atoms with Gasteiger partial charge in [-0.15, -0.1) is 10.2 Å². The van der Waals surface area contributed by atoms with E-state index in [-0.39, 0.29) is 18.1 Å². The Morgan fingerprint density at radius 1 is 1.18 bits per heavy atom. The maximum Gasteiger partial charge on any atom is 0.264 e. The molecule has 1 N–H and O–H groups in total. The number of hydrogen-bond acceptors (Lipinski definition) is 6. The van der Waals surface area contributed by atoms with Gasteiger partial charge in [0.2, 0.25) is 5.13 Å². The second-order valence-electron chi connectivity index (χ2n) is 7.28. The lowest BCUT2D eigenvalue weighted by Gasteiger charge is -2.18. The second-order valence-corrected chi connectivity index (χ2v) is 8.35. The van der Waals surface area contributed by atoms with E-state index in [1.54, 1.807) is 0 Å². The molecule has 0 unspecified atom stereocenters. The van der Waals surface area contributed by atoms with Crippen LogP contribution in [0.15, 0.2) is 48.5 Å². The van der Waals surface area contributed by atoms with Crippen molar-refractivity contribution in [2.24, 2.45) is 0 Å². The zero-order valence-electron chi connectivity index (χ0n) is 15.8. The third kappa shape index (κ3) is 4.31. The molecule has 1 aliphatic rings. The van der Waals surface area contributed by atoms with Gasteiger partial charge >= 0.3 is 0 Å². The van der Waals surface area contributed by atoms with Crippen molar-refractivity contribution >= 4 is 22.4 Å². The van der Waals surface area contributed by atoms with Crippen LogP contribution in [0, 0.1) is 0 Å². The fourth-order valence-corrected chi connectivity index (χ4v) is 3.94. The van der Waals surface area contributed by atoms with Gasteiger partial charge in [-0.2, -0.15) is 0 Å². The molecule has 0 radical (unpaired) electrons. The van der Waals surface area contributed by atoms with Gasteiger partial charge in [0.25, 0.3) is 5.91 Å². The molecule has 1 amide bonds. The fraction of sp³-hybridized carbons (Fsp3) is 0.286. The van der Waals surface area contributed by atoms with Crippen LogP contribution in [0.4, 0.5) is 5.13 Å². The van der Waals surface area contributed by atoms with Crippen LogP contribution in [-0.2, 0) is 17.6 Å². The monoisotopic (exact) mass is 395 g/mol. The zero-order valence-corrected chi connectivity index (χ0v) is 16.6. The molecule has 4 rings (SSSR count). The predicted molar refractivity (Wildman–Crippen MR) is 108 cm³/mol. The van der Waals surface area contributed by atoms with E-state index in [1.807, 2.05) is 62.4 Å². The molecule has 2 heterocycles. The van der Waals surface area contributed by atoms with E-state index in [0.717, 1.165) is 28.3 Å². The number of anilines is 1. The molecule has 1 aromatic heterocycles. The van der Waals surface area contributed by atoms with E-state index in [9.17, 15) is 4.79 Å². The van der Waals surface area contributed by atoms with E-state index in [1.165, 1.54) is 11.3 Å². The lowest BCUT2D eigenvalue weighted by atomic mass is 10.0. The minimum atomic E-state index is -0.280. The summed E-state index contributed by atoms with van der Waals surface area (Å²) in [6, 6.07) is 15.8. The Kier molecular flexibility index (Phi) is 5.00. The molecule has 3 aromatic rings. The molecule has 0 fully saturated rings. The Bertz CT molecular complexity index is 986. The van der Waals surface area contributed by atoms with Crippen molar-refractivity contribution in [3.8, 4) is 11.5 Å². The molecule has 0 bridgehead atoms. The van der Waals surface area contributed by atoms with Crippen molar-refractivity contribution < 1.29 is 14.3 Å². The van der Waals surface area contributed by atoms with Gasteiger partial charge in [0, 0.05) is 18.4 Å². The Morgan fingerprint density at radius 3 is 2.82 bits per heavy atom. The molecule has 7 heteroatoms. The van der Waals surface area contributed by atoms with Gasteiger partial charge < -0.3 is 9.47 Å². The van der Waals surface area contributed by atoms with E-state index in [4.69, 9.17) is 9.47 Å². The number of amides is 1. The lowest BCUT2D eigenvalue weighted by Crippen LogP contribution is -2.25. The first kappa shape index (κ1) is 18.4. The van der Waals surface area contributed by atoms with Gasteiger partial charge in [0.1, 0.15) is 10.6 Å². The summed E-state index contributed by atoms with van der Waals surface area (Å²) in [5, 5.41) is 12.2. The molecule has 1 aliphatic heterocycles. The number of carbonyl (C=O) groups is 1. The SMILES string of the molecule is CC1(C)Cc2cccc(OCC(=O)Nc3nnc(Cc4ccccc4)s3)c2O1. The maximum absolute atomic E-state index is 12.2. The number of nitrogens with one attached hydrogen (secondary N) is 1. The maximum atomic E-state index is 12.2. The molecule has 2 aromatic carbocycles. The number of ether oxygens (including phenoxy) is 2. The van der Waals surface area contributed by atoms with Gasteiger partial charge in [-0.25, -0.2) is 0 Å². The summed E-state index contributed by atoms with van der Waals surface area (Å²) in [4.78, 5) is 12.2. The van der Waals surface area contributed by atoms with Gasteiger partial charge in [-0.05, 0) is 25.5 Å². The van der Waals surface area contributed by atoms with Gasteiger partial charge in [-0.3, -0.25) is 10.1 Å². The average molecular weight is 395 g/mol. The summed E-state index contributed by atoms with van der Waals surface area (Å²) >= 11 is 1.36. The number of rotatable bonds is 6. The molecule has 0 saturated heterocycles. The van der Waals surface area contributed by atoms with E-state index in [0.29, 0.717) is 17.3 Å². The standard InChI is InChI=1S/C21H21N3O3S/c1-21(2)12-15-9-6-10-16(19(15)27-21)26-13-17(25)22-20-24-23-18(28-20)11-14-7-4-3-5-8-14/h3-10H,11-13H2,1-2H3,(H,22,24,25). The molecule has 0 spiro atoms. The smallest absolute Gasteiger partial charge is 0.264 e. The third-order valence-corrected chi connectivity index (χ3v) is 5.16. The summed E-state index contributed by atoms with van der Waals surface area (Å²) < 4.78 is 11.7. The van der Waals surface area contributed by atoms with Crippen LogP contribution in [0.5, 0.6) is 11.5 Å². The summed E-state index contributed by atoms with van der Waals surface area (Å²) in [7, 11) is 0. The second kappa shape index (κ2) is 7.59. The van der Waals surface area contributed by atoms with Gasteiger partial charge in [-0.1, -0.05) is 53.8 Å². The topological polar surface area (TPSA) is 73.3 Å². The number of fused-ring (bicyclic) bond motifs is 1. The van der Waals surface area contributed by atoms with Crippen molar-refractivity contribution in [3.05, 3.63) is 64.7 Å². The van der Waals surface area contributed by atoms with Crippen LogP contribution in [0.25, 0.3) is 0 Å². The van der Waals surface area contributed by atoms with E-state index < -0.39 is 0 Å². The number of carbonyl (C=O) groups excluding carboxylic acids is 1. The van der Waals surface area contributed by atoms with Crippen molar-refractivity contribution in [1.82, 2.24) is 10.2 Å². The Hall–Kier alpha value is -2.93. The molecular formula is C21H21N3O3S. The van der Waals surface area contributed by atoms with Crippen LogP contribution in [0.3, 0.4) is 0 Å². The zero-order chi connectivity index (χ0) is 19.6. The highest BCUT2D eigenvalue weighted by Gasteiger charge is 2.32. The average Bonchev–Trinajstić information content (AvgIpc) is 3.22. The predicted octanol–water partition coefficient (Wildman–Crippen LogP) is 3.86. The highest BCUT2D eigenvalue weighted by Crippen LogP contribution is 2.41. The van der Waals surface area contributed by atoms with Gasteiger partial charge in [0.15, 0.2) is 18.1 Å². The number of nitrogens with zero attached hydrogens (tertiary/aromatic N) is 2.